The topological polar surface area (TPSA) is 96.0 Å². The van der Waals surface area contributed by atoms with Crippen LogP contribution in [0.1, 0.15) is 36.2 Å². The highest BCUT2D eigenvalue weighted by atomic mass is 16.6. The second kappa shape index (κ2) is 5.48. The van der Waals surface area contributed by atoms with Crippen molar-refractivity contribution in [2.45, 2.75) is 32.7 Å². The Morgan fingerprint density at radius 2 is 2.21 bits per heavy atom. The van der Waals surface area contributed by atoms with Gasteiger partial charge in [0.05, 0.1) is 11.0 Å². The summed E-state index contributed by atoms with van der Waals surface area (Å²) in [7, 11) is 0. The average Bonchev–Trinajstić information content (AvgIpc) is 2.38. The number of nitrogens with one attached hydrogen (secondary N) is 1. The number of nitro groups is 1. The number of nitrogens with zero attached hydrogens (tertiary/aromatic N) is 2. The smallest absolute Gasteiger partial charge is 0.270 e. The molecule has 6 heteroatoms. The van der Waals surface area contributed by atoms with Crippen LogP contribution in [0.4, 0.5) is 5.69 Å². The largest absolute Gasteiger partial charge is 0.334 e. The van der Waals surface area contributed by atoms with Crippen molar-refractivity contribution in [2.75, 3.05) is 0 Å². The fourth-order valence-corrected chi connectivity index (χ4v) is 1.48. The van der Waals surface area contributed by atoms with Crippen molar-refractivity contribution in [1.29, 1.82) is 5.26 Å². The van der Waals surface area contributed by atoms with Crippen molar-refractivity contribution < 1.29 is 9.72 Å². The molecule has 0 aliphatic heterocycles. The van der Waals surface area contributed by atoms with E-state index in [1.807, 2.05) is 6.07 Å². The second-order valence-electron chi connectivity index (χ2n) is 4.51. The lowest BCUT2D eigenvalue weighted by molar-refractivity contribution is -0.384. The number of carbonyl (C=O) groups is 1. The van der Waals surface area contributed by atoms with Crippen LogP contribution in [0.2, 0.25) is 0 Å². The van der Waals surface area contributed by atoms with Gasteiger partial charge in [-0.15, -0.1) is 0 Å². The molecule has 1 aromatic rings. The van der Waals surface area contributed by atoms with E-state index in [1.54, 1.807) is 20.8 Å². The number of non-ortho nitro benzene ring substituents is 1. The van der Waals surface area contributed by atoms with Crippen molar-refractivity contribution in [1.82, 2.24) is 5.32 Å². The van der Waals surface area contributed by atoms with E-state index < -0.39 is 16.4 Å². The summed E-state index contributed by atoms with van der Waals surface area (Å²) in [6.07, 6.45) is 0.448. The summed E-state index contributed by atoms with van der Waals surface area (Å²) in [5.74, 6) is -0.480. The summed E-state index contributed by atoms with van der Waals surface area (Å²) in [6, 6.07) is 6.10. The molecule has 1 unspecified atom stereocenters. The standard InChI is InChI=1S/C13H15N3O3/c1-4-13(3,8-14)15-12(17)11-7-10(16(18)19)6-5-9(11)2/h5-7H,4H2,1-3H3,(H,15,17). The van der Waals surface area contributed by atoms with Crippen molar-refractivity contribution in [3.63, 3.8) is 0 Å². The number of nitro benzene ring substituents is 1. The van der Waals surface area contributed by atoms with Gasteiger partial charge >= 0.3 is 0 Å². The van der Waals surface area contributed by atoms with Gasteiger partial charge in [-0.1, -0.05) is 13.0 Å². The van der Waals surface area contributed by atoms with Crippen LogP contribution in [-0.4, -0.2) is 16.4 Å². The van der Waals surface area contributed by atoms with E-state index in [1.165, 1.54) is 18.2 Å². The highest BCUT2D eigenvalue weighted by Crippen LogP contribution is 2.18. The summed E-state index contributed by atoms with van der Waals surface area (Å²) in [5.41, 5.74) is -0.289. The van der Waals surface area contributed by atoms with Gasteiger partial charge in [0.25, 0.3) is 11.6 Å². The number of carbonyl (C=O) groups excluding carboxylic acids is 1. The third kappa shape index (κ3) is 3.28. The fraction of sp³-hybridized carbons (Fsp3) is 0.385. The molecular weight excluding hydrogens is 246 g/mol. The summed E-state index contributed by atoms with van der Waals surface area (Å²) in [4.78, 5) is 22.2. The van der Waals surface area contributed by atoms with Crippen LogP contribution in [0, 0.1) is 28.4 Å². The number of rotatable bonds is 4. The Morgan fingerprint density at radius 3 is 2.68 bits per heavy atom. The molecule has 6 nitrogen and oxygen atoms in total. The third-order valence-corrected chi connectivity index (χ3v) is 3.02. The van der Waals surface area contributed by atoms with Crippen molar-refractivity contribution >= 4 is 11.6 Å². The predicted octanol–water partition coefficient (Wildman–Crippen LogP) is 2.33. The van der Waals surface area contributed by atoms with E-state index in [4.69, 9.17) is 5.26 Å². The molecular formula is C13H15N3O3. The maximum absolute atomic E-state index is 12.1. The first-order valence-electron chi connectivity index (χ1n) is 5.82. The summed E-state index contributed by atoms with van der Waals surface area (Å²) in [6.45, 7) is 5.08. The maximum Gasteiger partial charge on any atom is 0.270 e. The Labute approximate surface area is 111 Å². The number of nitriles is 1. The molecule has 1 rings (SSSR count). The van der Waals surface area contributed by atoms with Gasteiger partial charge in [-0.05, 0) is 25.8 Å². The first-order valence-corrected chi connectivity index (χ1v) is 5.82. The zero-order valence-electron chi connectivity index (χ0n) is 11.1. The minimum Gasteiger partial charge on any atom is -0.334 e. The lowest BCUT2D eigenvalue weighted by Crippen LogP contribution is -2.44. The molecule has 1 atom stereocenters. The van der Waals surface area contributed by atoms with Crippen molar-refractivity contribution in [3.05, 3.63) is 39.4 Å². The lowest BCUT2D eigenvalue weighted by atomic mass is 9.99. The van der Waals surface area contributed by atoms with Gasteiger partial charge in [-0.2, -0.15) is 5.26 Å². The quantitative estimate of drug-likeness (QED) is 0.664. The highest BCUT2D eigenvalue weighted by Gasteiger charge is 2.25. The molecule has 0 saturated heterocycles. The van der Waals surface area contributed by atoms with Gasteiger partial charge in [-0.25, -0.2) is 0 Å². The number of hydrogen-bond donors (Lipinski definition) is 1. The van der Waals surface area contributed by atoms with Gasteiger partial charge in [0.1, 0.15) is 5.54 Å². The molecule has 0 radical (unpaired) electrons. The monoisotopic (exact) mass is 261 g/mol. The molecule has 1 amide bonds. The molecule has 0 spiro atoms. The molecule has 1 N–H and O–H groups in total. The fourth-order valence-electron chi connectivity index (χ4n) is 1.48. The number of benzene rings is 1. The summed E-state index contributed by atoms with van der Waals surface area (Å²) >= 11 is 0. The lowest BCUT2D eigenvalue weighted by Gasteiger charge is -2.21. The first kappa shape index (κ1) is 14.6. The van der Waals surface area contributed by atoms with Crippen LogP contribution in [-0.2, 0) is 0 Å². The molecule has 0 bridgehead atoms. The van der Waals surface area contributed by atoms with Gasteiger partial charge < -0.3 is 5.32 Å². The van der Waals surface area contributed by atoms with E-state index in [-0.39, 0.29) is 11.3 Å². The van der Waals surface area contributed by atoms with Crippen LogP contribution in [0.15, 0.2) is 18.2 Å². The Morgan fingerprint density at radius 1 is 1.58 bits per heavy atom. The van der Waals surface area contributed by atoms with Crippen LogP contribution >= 0.6 is 0 Å². The van der Waals surface area contributed by atoms with E-state index in [0.717, 1.165) is 0 Å². The van der Waals surface area contributed by atoms with E-state index >= 15 is 0 Å². The van der Waals surface area contributed by atoms with E-state index in [9.17, 15) is 14.9 Å². The van der Waals surface area contributed by atoms with Gasteiger partial charge in [-0.3, -0.25) is 14.9 Å². The molecule has 0 heterocycles. The minimum absolute atomic E-state index is 0.147. The second-order valence-corrected chi connectivity index (χ2v) is 4.51. The van der Waals surface area contributed by atoms with Crippen LogP contribution in [0.25, 0.3) is 0 Å². The average molecular weight is 261 g/mol. The Bertz CT molecular complexity index is 563. The van der Waals surface area contributed by atoms with Crippen molar-refractivity contribution in [3.8, 4) is 6.07 Å². The molecule has 100 valence electrons. The maximum atomic E-state index is 12.1. The Kier molecular flexibility index (Phi) is 4.22. The summed E-state index contributed by atoms with van der Waals surface area (Å²) < 4.78 is 0. The predicted molar refractivity (Wildman–Crippen MR) is 69.6 cm³/mol. The highest BCUT2D eigenvalue weighted by molar-refractivity contribution is 5.96. The Balaban J connectivity index is 3.10. The van der Waals surface area contributed by atoms with E-state index in [2.05, 4.69) is 5.32 Å². The first-order chi connectivity index (χ1) is 8.83. The van der Waals surface area contributed by atoms with Crippen molar-refractivity contribution in [2.24, 2.45) is 0 Å². The molecule has 0 saturated carbocycles. The van der Waals surface area contributed by atoms with Crippen LogP contribution in [0.5, 0.6) is 0 Å². The minimum atomic E-state index is -0.978. The van der Waals surface area contributed by atoms with E-state index in [0.29, 0.717) is 12.0 Å². The molecule has 19 heavy (non-hydrogen) atoms. The molecule has 1 aromatic carbocycles. The Hall–Kier alpha value is -2.42. The third-order valence-electron chi connectivity index (χ3n) is 3.02. The normalized spacial score (nSPS) is 13.2. The van der Waals surface area contributed by atoms with Gasteiger partial charge in [0, 0.05) is 17.7 Å². The summed E-state index contributed by atoms with van der Waals surface area (Å²) in [5, 5.41) is 22.3. The van der Waals surface area contributed by atoms with Gasteiger partial charge in [0.15, 0.2) is 0 Å². The molecule has 0 fully saturated rings. The zero-order chi connectivity index (χ0) is 14.6. The molecule has 0 aliphatic rings. The molecule has 0 aliphatic carbocycles. The number of amides is 1. The number of aryl methyl sites for hydroxylation is 1. The zero-order valence-corrected chi connectivity index (χ0v) is 11.1. The SMILES string of the molecule is CCC(C)(C#N)NC(=O)c1cc([N+](=O)[O-])ccc1C. The van der Waals surface area contributed by atoms with Crippen LogP contribution < -0.4 is 5.32 Å². The van der Waals surface area contributed by atoms with Crippen LogP contribution in [0.3, 0.4) is 0 Å². The number of hydrogen-bond acceptors (Lipinski definition) is 4. The molecule has 0 aromatic heterocycles. The van der Waals surface area contributed by atoms with Gasteiger partial charge in [0.2, 0.25) is 0 Å².